The Morgan fingerprint density at radius 2 is 2.05 bits per heavy atom. The number of carboxylic acid groups (broad SMARTS) is 1. The topological polar surface area (TPSA) is 129 Å². The molecule has 0 aliphatic carbocycles. The Morgan fingerprint density at radius 3 is 2.48 bits per heavy atom. The summed E-state index contributed by atoms with van der Waals surface area (Å²) in [5.41, 5.74) is 8.20. The van der Waals surface area contributed by atoms with Crippen LogP contribution in [-0.4, -0.2) is 53.0 Å². The van der Waals surface area contributed by atoms with Crippen LogP contribution >= 0.6 is 0 Å². The Hall–Kier alpha value is -2.05. The number of aliphatic carboxylic acids is 1. The van der Waals surface area contributed by atoms with E-state index in [4.69, 9.17) is 15.4 Å². The number of rotatable bonds is 10. The molecule has 0 spiro atoms. The molecular weight excluding hydrogens is 278 g/mol. The van der Waals surface area contributed by atoms with Crippen LogP contribution in [-0.2, 0) is 19.1 Å². The van der Waals surface area contributed by atoms with E-state index in [9.17, 15) is 14.4 Å². The van der Waals surface area contributed by atoms with Crippen LogP contribution < -0.4 is 5.32 Å². The predicted molar refractivity (Wildman–Crippen MR) is 73.7 cm³/mol. The summed E-state index contributed by atoms with van der Waals surface area (Å²) in [7, 11) is 1.38. The standard InChI is InChI=1S/C13H21N3O5/c1-4-8(2)11(21-3)12(18)16-10(13(19)20)6-5-9(17)7-15-14/h7-8,10-11H,4-6H2,1-3H3,(H,16,18)(H,19,20). The Kier molecular flexibility index (Phi) is 8.84. The fraction of sp³-hybridized carbons (Fsp3) is 0.692. The molecule has 3 atom stereocenters. The van der Waals surface area contributed by atoms with E-state index in [0.717, 1.165) is 0 Å². The third-order valence-electron chi connectivity index (χ3n) is 3.17. The summed E-state index contributed by atoms with van der Waals surface area (Å²) in [4.78, 5) is 36.8. The van der Waals surface area contributed by atoms with E-state index in [1.807, 2.05) is 13.8 Å². The number of methoxy groups -OCH3 is 1. The van der Waals surface area contributed by atoms with Crippen molar-refractivity contribution in [1.29, 1.82) is 0 Å². The molecule has 1 amide bonds. The molecule has 21 heavy (non-hydrogen) atoms. The summed E-state index contributed by atoms with van der Waals surface area (Å²) in [6.45, 7) is 3.72. The number of nitrogens with zero attached hydrogens (tertiary/aromatic N) is 2. The lowest BCUT2D eigenvalue weighted by Gasteiger charge is -2.23. The second-order valence-electron chi connectivity index (χ2n) is 4.69. The summed E-state index contributed by atoms with van der Waals surface area (Å²) in [5, 5.41) is 11.4. The normalized spacial score (nSPS) is 14.4. The van der Waals surface area contributed by atoms with E-state index in [2.05, 4.69) is 10.1 Å². The summed E-state index contributed by atoms with van der Waals surface area (Å²) in [6.07, 6.45) is 0.407. The molecule has 0 aromatic rings. The van der Waals surface area contributed by atoms with Gasteiger partial charge in [0, 0.05) is 13.5 Å². The van der Waals surface area contributed by atoms with E-state index >= 15 is 0 Å². The molecule has 2 N–H and O–H groups in total. The average Bonchev–Trinajstić information content (AvgIpc) is 2.43. The molecule has 8 nitrogen and oxygen atoms in total. The first kappa shape index (κ1) is 18.9. The number of carbonyl (C=O) groups is 3. The minimum Gasteiger partial charge on any atom is -0.480 e. The number of nitrogens with one attached hydrogen (secondary N) is 1. The van der Waals surface area contributed by atoms with E-state index in [1.165, 1.54) is 7.11 Å². The van der Waals surface area contributed by atoms with Gasteiger partial charge in [0.15, 0.2) is 0 Å². The number of carbonyl (C=O) groups excluding carboxylic acids is 2. The van der Waals surface area contributed by atoms with E-state index in [-0.39, 0.29) is 18.8 Å². The van der Waals surface area contributed by atoms with Crippen molar-refractivity contribution < 1.29 is 29.0 Å². The van der Waals surface area contributed by atoms with Crippen LogP contribution in [0.2, 0.25) is 0 Å². The maximum absolute atomic E-state index is 12.0. The maximum Gasteiger partial charge on any atom is 0.326 e. The fourth-order valence-corrected chi connectivity index (χ4v) is 1.74. The molecule has 0 bridgehead atoms. The van der Waals surface area contributed by atoms with Gasteiger partial charge in [-0.1, -0.05) is 20.3 Å². The number of Topliss-reactive ketones (excluding diaryl/α,β-unsaturated/α-hetero) is 1. The largest absolute Gasteiger partial charge is 0.480 e. The van der Waals surface area contributed by atoms with Crippen molar-refractivity contribution in [3.05, 3.63) is 5.53 Å². The van der Waals surface area contributed by atoms with Gasteiger partial charge in [-0.15, -0.1) is 0 Å². The molecule has 0 aromatic carbocycles. The van der Waals surface area contributed by atoms with Gasteiger partial charge in [-0.25, -0.2) is 4.79 Å². The molecule has 3 unspecified atom stereocenters. The second-order valence-corrected chi connectivity index (χ2v) is 4.69. The van der Waals surface area contributed by atoms with Crippen LogP contribution in [0.3, 0.4) is 0 Å². The molecule has 0 fully saturated rings. The molecule has 0 aliphatic rings. The maximum atomic E-state index is 12.0. The summed E-state index contributed by atoms with van der Waals surface area (Å²) >= 11 is 0. The Morgan fingerprint density at radius 1 is 1.43 bits per heavy atom. The molecule has 8 heteroatoms. The zero-order chi connectivity index (χ0) is 16.4. The zero-order valence-corrected chi connectivity index (χ0v) is 12.4. The lowest BCUT2D eigenvalue weighted by Crippen LogP contribution is -2.48. The Labute approximate surface area is 123 Å². The third-order valence-corrected chi connectivity index (χ3v) is 3.17. The molecule has 0 saturated carbocycles. The molecular formula is C13H21N3O5. The lowest BCUT2D eigenvalue weighted by molar-refractivity contribution is -0.145. The molecule has 118 valence electrons. The van der Waals surface area contributed by atoms with Crippen LogP contribution in [0, 0.1) is 5.92 Å². The smallest absolute Gasteiger partial charge is 0.326 e. The SMILES string of the molecule is CCC(C)C(OC)C(=O)NC(CCC(=O)C=[N+]=[N-])C(=O)O. The molecule has 0 saturated heterocycles. The average molecular weight is 299 g/mol. The van der Waals surface area contributed by atoms with Crippen LogP contribution in [0.5, 0.6) is 0 Å². The third kappa shape index (κ3) is 6.78. The number of hydrogen-bond donors (Lipinski definition) is 2. The highest BCUT2D eigenvalue weighted by atomic mass is 16.5. The molecule has 0 rings (SSSR count). The van der Waals surface area contributed by atoms with Crippen molar-refractivity contribution in [2.45, 2.75) is 45.3 Å². The van der Waals surface area contributed by atoms with Crippen molar-refractivity contribution >= 4 is 23.9 Å². The number of ether oxygens (including phenoxy) is 1. The van der Waals surface area contributed by atoms with Gasteiger partial charge < -0.3 is 20.7 Å². The summed E-state index contributed by atoms with van der Waals surface area (Å²) in [5.74, 6) is -2.35. The highest BCUT2D eigenvalue weighted by Gasteiger charge is 2.28. The minimum absolute atomic E-state index is 0.0624. The second kappa shape index (κ2) is 9.79. The molecule has 0 heterocycles. The number of carboxylic acids is 1. The van der Waals surface area contributed by atoms with Crippen LogP contribution in [0.4, 0.5) is 0 Å². The first-order chi connectivity index (χ1) is 9.87. The highest BCUT2D eigenvalue weighted by molar-refractivity contribution is 6.25. The van der Waals surface area contributed by atoms with Gasteiger partial charge in [0.25, 0.3) is 0 Å². The quantitative estimate of drug-likeness (QED) is 0.340. The van der Waals surface area contributed by atoms with Gasteiger partial charge in [0.1, 0.15) is 12.1 Å². The number of amides is 1. The van der Waals surface area contributed by atoms with Gasteiger partial charge in [-0.2, -0.15) is 4.79 Å². The van der Waals surface area contributed by atoms with Gasteiger partial charge in [0.2, 0.25) is 11.7 Å². The van der Waals surface area contributed by atoms with Crippen molar-refractivity contribution in [2.24, 2.45) is 5.92 Å². The Balaban J connectivity index is 4.69. The van der Waals surface area contributed by atoms with Crippen LogP contribution in [0.15, 0.2) is 0 Å². The number of hydrogen-bond acceptors (Lipinski definition) is 4. The van der Waals surface area contributed by atoms with Gasteiger partial charge in [-0.3, -0.25) is 9.59 Å². The summed E-state index contributed by atoms with van der Waals surface area (Å²) < 4.78 is 5.08. The predicted octanol–water partition coefficient (Wildman–Crippen LogP) is 0.267. The Bertz CT molecular complexity index is 432. The van der Waals surface area contributed by atoms with Gasteiger partial charge >= 0.3 is 12.2 Å². The fourth-order valence-electron chi connectivity index (χ4n) is 1.74. The zero-order valence-electron chi connectivity index (χ0n) is 12.4. The van der Waals surface area contributed by atoms with Crippen molar-refractivity contribution in [3.8, 4) is 0 Å². The van der Waals surface area contributed by atoms with E-state index in [0.29, 0.717) is 12.6 Å². The van der Waals surface area contributed by atoms with Gasteiger partial charge in [-0.05, 0) is 12.3 Å². The van der Waals surface area contributed by atoms with Gasteiger partial charge in [0.05, 0.1) is 0 Å². The highest BCUT2D eigenvalue weighted by Crippen LogP contribution is 2.11. The lowest BCUT2D eigenvalue weighted by atomic mass is 10.0. The first-order valence-corrected chi connectivity index (χ1v) is 6.63. The van der Waals surface area contributed by atoms with Crippen molar-refractivity contribution in [2.75, 3.05) is 7.11 Å². The van der Waals surface area contributed by atoms with E-state index in [1.54, 1.807) is 0 Å². The molecule has 0 aromatic heterocycles. The van der Waals surface area contributed by atoms with Crippen molar-refractivity contribution in [1.82, 2.24) is 5.32 Å². The monoisotopic (exact) mass is 299 g/mol. The van der Waals surface area contributed by atoms with Crippen LogP contribution in [0.25, 0.3) is 5.53 Å². The van der Waals surface area contributed by atoms with E-state index < -0.39 is 29.8 Å². The molecule has 0 aliphatic heterocycles. The summed E-state index contributed by atoms with van der Waals surface area (Å²) in [6, 6.07) is -1.20. The minimum atomic E-state index is -1.24. The van der Waals surface area contributed by atoms with Crippen molar-refractivity contribution in [3.63, 3.8) is 0 Å². The first-order valence-electron chi connectivity index (χ1n) is 6.63. The van der Waals surface area contributed by atoms with Crippen LogP contribution in [0.1, 0.15) is 33.1 Å². The molecule has 0 radical (unpaired) electrons. The number of ketones is 1.